The third kappa shape index (κ3) is 1.38. The summed E-state index contributed by atoms with van der Waals surface area (Å²) in [5, 5.41) is 17.3. The van der Waals surface area contributed by atoms with E-state index in [0.29, 0.717) is 0 Å². The Morgan fingerprint density at radius 1 is 1.55 bits per heavy atom. The van der Waals surface area contributed by atoms with Crippen molar-refractivity contribution in [3.05, 3.63) is 0 Å². The number of nitrogens with zero attached hydrogens (tertiary/aromatic N) is 1. The first-order chi connectivity index (χ1) is 5.16. The number of carbonyl (C=O) groups is 2. The molecule has 1 heterocycles. The molecule has 5 heteroatoms. The number of aliphatic hydroxyl groups excluding tert-OH is 2. The molecule has 0 aromatic rings. The second kappa shape index (κ2) is 2.98. The molecule has 1 saturated heterocycles. The van der Waals surface area contributed by atoms with Gasteiger partial charge in [-0.3, -0.25) is 14.5 Å². The molecule has 62 valence electrons. The van der Waals surface area contributed by atoms with E-state index in [1.165, 1.54) is 0 Å². The first-order valence-corrected chi connectivity index (χ1v) is 3.30. The summed E-state index contributed by atoms with van der Waals surface area (Å²) < 4.78 is 0. The van der Waals surface area contributed by atoms with Crippen LogP contribution in [-0.2, 0) is 9.59 Å². The summed E-state index contributed by atoms with van der Waals surface area (Å²) in [7, 11) is 0. The Kier molecular flexibility index (Phi) is 2.21. The monoisotopic (exact) mass is 159 g/mol. The molecular formula is C6H9NO4. The molecule has 0 bridgehead atoms. The third-order valence-electron chi connectivity index (χ3n) is 1.54. The van der Waals surface area contributed by atoms with Crippen LogP contribution in [0.2, 0.25) is 0 Å². The van der Waals surface area contributed by atoms with Gasteiger partial charge in [-0.15, -0.1) is 0 Å². The second-order valence-corrected chi connectivity index (χ2v) is 2.33. The van der Waals surface area contributed by atoms with E-state index in [4.69, 9.17) is 10.2 Å². The molecule has 1 rings (SSSR count). The Balaban J connectivity index is 2.64. The van der Waals surface area contributed by atoms with Gasteiger partial charge in [0.05, 0.1) is 19.6 Å². The summed E-state index contributed by atoms with van der Waals surface area (Å²) in [6.45, 7) is -0.279. The summed E-state index contributed by atoms with van der Waals surface area (Å²) in [5.41, 5.74) is 0. The normalized spacial score (nSPS) is 24.9. The highest BCUT2D eigenvalue weighted by atomic mass is 16.3. The number of aliphatic hydroxyl groups is 2. The van der Waals surface area contributed by atoms with Crippen LogP contribution in [0.3, 0.4) is 0 Å². The smallest absolute Gasteiger partial charge is 0.258 e. The maximum atomic E-state index is 10.8. The van der Waals surface area contributed by atoms with Crippen LogP contribution in [0.25, 0.3) is 0 Å². The quantitative estimate of drug-likeness (QED) is 0.461. The van der Waals surface area contributed by atoms with Gasteiger partial charge in [-0.2, -0.15) is 0 Å². The fourth-order valence-electron chi connectivity index (χ4n) is 1.00. The number of β-amino-alcohol motifs (C(OH)–C–C–N with tert-alkyl or cyclic N) is 1. The minimum Gasteiger partial charge on any atom is -0.395 e. The largest absolute Gasteiger partial charge is 0.395 e. The molecule has 1 aliphatic heterocycles. The predicted octanol–water partition coefficient (Wildman–Crippen LogP) is -1.90. The highest BCUT2D eigenvalue weighted by Gasteiger charge is 2.36. The summed E-state index contributed by atoms with van der Waals surface area (Å²) >= 11 is 0. The van der Waals surface area contributed by atoms with Gasteiger partial charge >= 0.3 is 0 Å². The van der Waals surface area contributed by atoms with E-state index in [2.05, 4.69) is 0 Å². The van der Waals surface area contributed by atoms with E-state index in [1.54, 1.807) is 0 Å². The average molecular weight is 159 g/mol. The van der Waals surface area contributed by atoms with Crippen molar-refractivity contribution in [1.29, 1.82) is 0 Å². The van der Waals surface area contributed by atoms with E-state index in [0.717, 1.165) is 4.90 Å². The number of rotatable bonds is 2. The number of amides is 2. The van der Waals surface area contributed by atoms with Crippen LogP contribution in [0.4, 0.5) is 0 Å². The van der Waals surface area contributed by atoms with Crippen LogP contribution in [0.5, 0.6) is 0 Å². The van der Waals surface area contributed by atoms with E-state index < -0.39 is 17.9 Å². The van der Waals surface area contributed by atoms with Crippen LogP contribution in [0.1, 0.15) is 6.42 Å². The minimum atomic E-state index is -1.20. The topological polar surface area (TPSA) is 77.8 Å². The van der Waals surface area contributed by atoms with Crippen molar-refractivity contribution in [2.24, 2.45) is 0 Å². The lowest BCUT2D eigenvalue weighted by molar-refractivity contribution is -0.141. The van der Waals surface area contributed by atoms with Gasteiger partial charge < -0.3 is 10.2 Å². The van der Waals surface area contributed by atoms with Crippen LogP contribution in [-0.4, -0.2) is 46.2 Å². The zero-order valence-electron chi connectivity index (χ0n) is 5.86. The van der Waals surface area contributed by atoms with E-state index >= 15 is 0 Å². The number of hydrogen-bond donors (Lipinski definition) is 2. The van der Waals surface area contributed by atoms with Gasteiger partial charge in [0.2, 0.25) is 5.91 Å². The van der Waals surface area contributed by atoms with Crippen LogP contribution in [0.15, 0.2) is 0 Å². The number of hydrogen-bond acceptors (Lipinski definition) is 4. The fraction of sp³-hybridized carbons (Fsp3) is 0.667. The van der Waals surface area contributed by atoms with Gasteiger partial charge in [0.1, 0.15) is 6.10 Å². The molecule has 1 atom stereocenters. The predicted molar refractivity (Wildman–Crippen MR) is 34.4 cm³/mol. The molecule has 0 aliphatic carbocycles. The van der Waals surface area contributed by atoms with E-state index in [-0.39, 0.29) is 19.6 Å². The Morgan fingerprint density at radius 3 is 2.55 bits per heavy atom. The summed E-state index contributed by atoms with van der Waals surface area (Å²) in [6, 6.07) is 0. The molecule has 1 unspecified atom stereocenters. The Bertz CT molecular complexity index is 191. The van der Waals surface area contributed by atoms with Crippen molar-refractivity contribution in [1.82, 2.24) is 4.90 Å². The van der Waals surface area contributed by atoms with Gasteiger partial charge in [0, 0.05) is 0 Å². The number of likely N-dealkylation sites (tertiary alicyclic amines) is 1. The lowest BCUT2D eigenvalue weighted by Crippen LogP contribution is -2.34. The van der Waals surface area contributed by atoms with Crippen molar-refractivity contribution in [2.45, 2.75) is 12.5 Å². The van der Waals surface area contributed by atoms with Crippen LogP contribution >= 0.6 is 0 Å². The molecule has 0 aromatic heterocycles. The van der Waals surface area contributed by atoms with Crippen molar-refractivity contribution in [3.63, 3.8) is 0 Å². The molecule has 1 aliphatic rings. The molecule has 0 aromatic carbocycles. The second-order valence-electron chi connectivity index (χ2n) is 2.33. The van der Waals surface area contributed by atoms with Crippen LogP contribution < -0.4 is 0 Å². The van der Waals surface area contributed by atoms with Gasteiger partial charge in [-0.1, -0.05) is 0 Å². The van der Waals surface area contributed by atoms with Crippen molar-refractivity contribution >= 4 is 11.8 Å². The molecule has 2 amide bonds. The minimum absolute atomic E-state index is 0.0191. The van der Waals surface area contributed by atoms with Crippen molar-refractivity contribution in [3.8, 4) is 0 Å². The van der Waals surface area contributed by atoms with E-state index in [9.17, 15) is 9.59 Å². The lowest BCUT2D eigenvalue weighted by Gasteiger charge is -2.10. The summed E-state index contributed by atoms with van der Waals surface area (Å²) in [5.74, 6) is -1.03. The highest BCUT2D eigenvalue weighted by molar-refractivity contribution is 6.04. The fourth-order valence-corrected chi connectivity index (χ4v) is 1.00. The van der Waals surface area contributed by atoms with Crippen molar-refractivity contribution < 1.29 is 19.8 Å². The Labute approximate surface area is 63.2 Å². The van der Waals surface area contributed by atoms with Crippen molar-refractivity contribution in [2.75, 3.05) is 13.2 Å². The van der Waals surface area contributed by atoms with Crippen LogP contribution in [0, 0.1) is 0 Å². The molecular weight excluding hydrogens is 150 g/mol. The summed E-state index contributed by atoms with van der Waals surface area (Å²) in [6.07, 6.45) is -1.35. The van der Waals surface area contributed by atoms with Gasteiger partial charge in [-0.25, -0.2) is 0 Å². The lowest BCUT2D eigenvalue weighted by atomic mass is 10.3. The van der Waals surface area contributed by atoms with Gasteiger partial charge in [0.25, 0.3) is 5.91 Å². The molecule has 0 spiro atoms. The third-order valence-corrected chi connectivity index (χ3v) is 1.54. The SMILES string of the molecule is O=C1CC(O)C(=O)N1CCO. The molecule has 2 N–H and O–H groups in total. The highest BCUT2D eigenvalue weighted by Crippen LogP contribution is 2.11. The van der Waals surface area contributed by atoms with Gasteiger partial charge in [-0.05, 0) is 0 Å². The van der Waals surface area contributed by atoms with E-state index in [1.807, 2.05) is 0 Å². The Morgan fingerprint density at radius 2 is 2.18 bits per heavy atom. The maximum absolute atomic E-state index is 10.8. The zero-order chi connectivity index (χ0) is 8.43. The molecule has 0 saturated carbocycles. The number of carbonyl (C=O) groups excluding carboxylic acids is 2. The molecule has 0 radical (unpaired) electrons. The standard InChI is InChI=1S/C6H9NO4/c8-2-1-7-5(10)3-4(9)6(7)11/h4,8-9H,1-3H2. The number of imide groups is 1. The Hall–Kier alpha value is -0.940. The first-order valence-electron chi connectivity index (χ1n) is 3.30. The average Bonchev–Trinajstić information content (AvgIpc) is 2.17. The zero-order valence-corrected chi connectivity index (χ0v) is 5.86. The van der Waals surface area contributed by atoms with Gasteiger partial charge in [0.15, 0.2) is 0 Å². The maximum Gasteiger partial charge on any atom is 0.258 e. The molecule has 1 fully saturated rings. The summed E-state index contributed by atoms with van der Waals surface area (Å²) in [4.78, 5) is 22.5. The first kappa shape index (κ1) is 8.16. The molecule has 11 heavy (non-hydrogen) atoms. The molecule has 5 nitrogen and oxygen atoms in total.